The van der Waals surface area contributed by atoms with Crippen molar-refractivity contribution in [1.29, 1.82) is 0 Å². The minimum Gasteiger partial charge on any atom is -0.354 e. The van der Waals surface area contributed by atoms with Crippen LogP contribution < -0.4 is 16.4 Å². The summed E-state index contributed by atoms with van der Waals surface area (Å²) in [5.41, 5.74) is 5.35. The van der Waals surface area contributed by atoms with Crippen LogP contribution in [0, 0.1) is 5.92 Å². The van der Waals surface area contributed by atoms with Crippen LogP contribution in [0.15, 0.2) is 0 Å². The lowest BCUT2D eigenvalue weighted by Gasteiger charge is -2.27. The van der Waals surface area contributed by atoms with E-state index in [0.29, 0.717) is 5.92 Å². The molecule has 0 aromatic heterocycles. The van der Waals surface area contributed by atoms with Gasteiger partial charge in [0, 0.05) is 25.6 Å². The zero-order valence-corrected chi connectivity index (χ0v) is 6.76. The molecule has 1 aliphatic rings. The number of amides is 1. The highest BCUT2D eigenvalue weighted by molar-refractivity contribution is 5.80. The Balaban J connectivity index is 2.06. The van der Waals surface area contributed by atoms with E-state index in [1.807, 2.05) is 0 Å². The third-order valence-corrected chi connectivity index (χ3v) is 1.84. The maximum absolute atomic E-state index is 10.9. The van der Waals surface area contributed by atoms with Gasteiger partial charge in [-0.3, -0.25) is 4.79 Å². The van der Waals surface area contributed by atoms with Crippen LogP contribution >= 0.6 is 0 Å². The summed E-state index contributed by atoms with van der Waals surface area (Å²) in [6, 6.07) is -0.386. The summed E-state index contributed by atoms with van der Waals surface area (Å²) in [6.07, 6.45) is 0. The van der Waals surface area contributed by atoms with Crippen LogP contribution in [0.4, 0.5) is 0 Å². The van der Waals surface area contributed by atoms with Gasteiger partial charge in [0.2, 0.25) is 5.91 Å². The lowest BCUT2D eigenvalue weighted by atomic mass is 10.0. The number of nitrogens with one attached hydrogen (secondary N) is 2. The largest absolute Gasteiger partial charge is 0.354 e. The number of nitrogens with two attached hydrogens (primary N) is 1. The molecule has 0 aliphatic carbocycles. The number of hydrogen-bond donors (Lipinski definition) is 3. The van der Waals surface area contributed by atoms with Crippen molar-refractivity contribution < 1.29 is 4.79 Å². The zero-order chi connectivity index (χ0) is 8.27. The molecule has 0 unspecified atom stereocenters. The van der Waals surface area contributed by atoms with E-state index in [9.17, 15) is 4.79 Å². The Bertz CT molecular complexity index is 143. The van der Waals surface area contributed by atoms with Crippen LogP contribution in [0.5, 0.6) is 0 Å². The molecule has 1 atom stereocenters. The Hall–Kier alpha value is -0.610. The number of rotatable bonds is 3. The Kier molecular flexibility index (Phi) is 2.84. The summed E-state index contributed by atoms with van der Waals surface area (Å²) in [6.45, 7) is 4.47. The molecule has 4 N–H and O–H groups in total. The minimum absolute atomic E-state index is 0.0584. The maximum Gasteiger partial charge on any atom is 0.236 e. The minimum atomic E-state index is -0.386. The third-order valence-electron chi connectivity index (χ3n) is 1.84. The highest BCUT2D eigenvalue weighted by Gasteiger charge is 2.17. The molecule has 1 amide bonds. The van der Waals surface area contributed by atoms with E-state index >= 15 is 0 Å². The standard InChI is InChI=1S/C7H15N3O/c1-5(8)7(11)10-4-6-2-9-3-6/h5-6,9H,2-4,8H2,1H3,(H,10,11)/t5-/m1/s1. The molecule has 1 rings (SSSR count). The van der Waals surface area contributed by atoms with Gasteiger partial charge in [-0.25, -0.2) is 0 Å². The topological polar surface area (TPSA) is 67.2 Å². The highest BCUT2D eigenvalue weighted by Crippen LogP contribution is 1.99. The Morgan fingerprint density at radius 2 is 2.45 bits per heavy atom. The van der Waals surface area contributed by atoms with Gasteiger partial charge in [0.25, 0.3) is 0 Å². The van der Waals surface area contributed by atoms with Crippen molar-refractivity contribution in [2.45, 2.75) is 13.0 Å². The number of carbonyl (C=O) groups excluding carboxylic acids is 1. The zero-order valence-electron chi connectivity index (χ0n) is 6.76. The Labute approximate surface area is 66.5 Å². The van der Waals surface area contributed by atoms with Crippen molar-refractivity contribution in [1.82, 2.24) is 10.6 Å². The predicted molar refractivity (Wildman–Crippen MR) is 43.0 cm³/mol. The average molecular weight is 157 g/mol. The molecule has 1 fully saturated rings. The van der Waals surface area contributed by atoms with Crippen molar-refractivity contribution in [3.8, 4) is 0 Å². The molecular weight excluding hydrogens is 142 g/mol. The van der Waals surface area contributed by atoms with Crippen LogP contribution in [-0.2, 0) is 4.79 Å². The number of hydrogen-bond acceptors (Lipinski definition) is 3. The quantitative estimate of drug-likeness (QED) is 0.475. The summed E-state index contributed by atoms with van der Waals surface area (Å²) < 4.78 is 0. The van der Waals surface area contributed by atoms with Crippen molar-refractivity contribution >= 4 is 5.91 Å². The lowest BCUT2D eigenvalue weighted by molar-refractivity contribution is -0.122. The SMILES string of the molecule is C[C@@H](N)C(=O)NCC1CNC1. The van der Waals surface area contributed by atoms with Gasteiger partial charge in [-0.15, -0.1) is 0 Å². The molecule has 11 heavy (non-hydrogen) atoms. The number of carbonyl (C=O) groups is 1. The van der Waals surface area contributed by atoms with Crippen molar-refractivity contribution in [2.75, 3.05) is 19.6 Å². The first kappa shape index (κ1) is 8.49. The van der Waals surface area contributed by atoms with E-state index < -0.39 is 0 Å². The first-order valence-electron chi connectivity index (χ1n) is 3.94. The van der Waals surface area contributed by atoms with E-state index in [1.165, 1.54) is 0 Å². The smallest absolute Gasteiger partial charge is 0.236 e. The molecule has 0 spiro atoms. The lowest BCUT2D eigenvalue weighted by Crippen LogP contribution is -2.50. The normalized spacial score (nSPS) is 20.5. The summed E-state index contributed by atoms with van der Waals surface area (Å²) in [5.74, 6) is 0.551. The molecule has 4 heteroatoms. The van der Waals surface area contributed by atoms with Crippen molar-refractivity contribution in [3.05, 3.63) is 0 Å². The van der Waals surface area contributed by atoms with Gasteiger partial charge in [-0.05, 0) is 6.92 Å². The second-order valence-electron chi connectivity index (χ2n) is 3.06. The van der Waals surface area contributed by atoms with Gasteiger partial charge in [-0.2, -0.15) is 0 Å². The Morgan fingerprint density at radius 3 is 2.82 bits per heavy atom. The van der Waals surface area contributed by atoms with E-state index in [-0.39, 0.29) is 11.9 Å². The van der Waals surface area contributed by atoms with Gasteiger partial charge >= 0.3 is 0 Å². The monoisotopic (exact) mass is 157 g/mol. The Morgan fingerprint density at radius 1 is 1.82 bits per heavy atom. The summed E-state index contributed by atoms with van der Waals surface area (Å²) in [5, 5.41) is 5.91. The van der Waals surface area contributed by atoms with Crippen molar-refractivity contribution in [3.63, 3.8) is 0 Å². The molecule has 0 aromatic carbocycles. The van der Waals surface area contributed by atoms with E-state index in [4.69, 9.17) is 5.73 Å². The van der Waals surface area contributed by atoms with Gasteiger partial charge in [0.05, 0.1) is 6.04 Å². The first-order chi connectivity index (χ1) is 5.20. The van der Waals surface area contributed by atoms with Gasteiger partial charge in [0.15, 0.2) is 0 Å². The van der Waals surface area contributed by atoms with Crippen LogP contribution in [-0.4, -0.2) is 31.6 Å². The summed E-state index contributed by atoms with van der Waals surface area (Å²) in [4.78, 5) is 10.9. The fraction of sp³-hybridized carbons (Fsp3) is 0.857. The van der Waals surface area contributed by atoms with Crippen LogP contribution in [0.3, 0.4) is 0 Å². The maximum atomic E-state index is 10.9. The second kappa shape index (κ2) is 3.69. The molecule has 4 nitrogen and oxygen atoms in total. The van der Waals surface area contributed by atoms with Gasteiger partial charge in [0.1, 0.15) is 0 Å². The molecule has 0 saturated carbocycles. The first-order valence-corrected chi connectivity index (χ1v) is 3.94. The van der Waals surface area contributed by atoms with Crippen LogP contribution in [0.25, 0.3) is 0 Å². The van der Waals surface area contributed by atoms with E-state index in [1.54, 1.807) is 6.92 Å². The molecule has 0 aromatic rings. The van der Waals surface area contributed by atoms with E-state index in [0.717, 1.165) is 19.6 Å². The molecular formula is C7H15N3O. The average Bonchev–Trinajstić information content (AvgIpc) is 1.83. The molecule has 64 valence electrons. The molecule has 1 heterocycles. The van der Waals surface area contributed by atoms with Crippen molar-refractivity contribution in [2.24, 2.45) is 11.7 Å². The van der Waals surface area contributed by atoms with E-state index in [2.05, 4.69) is 10.6 Å². The summed E-state index contributed by atoms with van der Waals surface area (Å²) in [7, 11) is 0. The fourth-order valence-electron chi connectivity index (χ4n) is 0.899. The van der Waals surface area contributed by atoms with Crippen LogP contribution in [0.2, 0.25) is 0 Å². The van der Waals surface area contributed by atoms with Gasteiger partial charge in [-0.1, -0.05) is 0 Å². The molecule has 0 radical (unpaired) electrons. The second-order valence-corrected chi connectivity index (χ2v) is 3.06. The summed E-state index contributed by atoms with van der Waals surface area (Å²) >= 11 is 0. The fourth-order valence-corrected chi connectivity index (χ4v) is 0.899. The predicted octanol–water partition coefficient (Wildman–Crippen LogP) is -1.33. The molecule has 1 aliphatic heterocycles. The third kappa shape index (κ3) is 2.48. The van der Waals surface area contributed by atoms with Crippen LogP contribution in [0.1, 0.15) is 6.92 Å². The highest BCUT2D eigenvalue weighted by atomic mass is 16.2. The molecule has 0 bridgehead atoms. The molecule has 1 saturated heterocycles. The van der Waals surface area contributed by atoms with Gasteiger partial charge < -0.3 is 16.4 Å².